The van der Waals surface area contributed by atoms with Crippen molar-refractivity contribution >= 4 is 27.2 Å². The molecule has 0 saturated heterocycles. The Morgan fingerprint density at radius 1 is 0.507 bits per heavy atom. The average Bonchev–Trinajstić information content (AvgIpc) is 3.62. The van der Waals surface area contributed by atoms with E-state index in [0.717, 1.165) is 28.1 Å². The summed E-state index contributed by atoms with van der Waals surface area (Å²) in [6.07, 6.45) is 0. The van der Waals surface area contributed by atoms with E-state index in [2.05, 4.69) is 161 Å². The summed E-state index contributed by atoms with van der Waals surface area (Å²) < 4.78 is 40.1. The normalized spacial score (nSPS) is 14.2. The third-order valence-corrected chi connectivity index (χ3v) is 12.9. The molecule has 1 N–H and O–H groups in total. The molecule has 9 nitrogen and oxygen atoms in total. The Labute approximate surface area is 396 Å². The minimum absolute atomic E-state index is 0.00733. The Kier molecular flexibility index (Phi) is 16.0. The zero-order valence-electron chi connectivity index (χ0n) is 40.0. The number of aliphatic hydroxyl groups is 1. The fraction of sp³-hybridized carbons (Fsp3) is 0.345. The van der Waals surface area contributed by atoms with Crippen LogP contribution in [0, 0.1) is 20.8 Å². The van der Waals surface area contributed by atoms with Gasteiger partial charge in [-0.3, -0.25) is 0 Å². The smallest absolute Gasteiger partial charge is 0.142 e. The topological polar surface area (TPSA) is 88.1 Å². The van der Waals surface area contributed by atoms with Crippen molar-refractivity contribution in [3.8, 4) is 28.0 Å². The van der Waals surface area contributed by atoms with E-state index in [4.69, 9.17) is 38.3 Å². The summed E-state index contributed by atoms with van der Waals surface area (Å²) in [4.78, 5) is 2.14. The van der Waals surface area contributed by atoms with E-state index in [-0.39, 0.29) is 6.61 Å². The van der Waals surface area contributed by atoms with Crippen LogP contribution < -0.4 is 9.64 Å². The molecule has 0 heterocycles. The van der Waals surface area contributed by atoms with E-state index >= 15 is 0 Å². The van der Waals surface area contributed by atoms with Crippen molar-refractivity contribution in [3.05, 3.63) is 166 Å². The molecule has 7 aromatic rings. The maximum absolute atomic E-state index is 8.94. The summed E-state index contributed by atoms with van der Waals surface area (Å²) in [5, 5.41) is 13.9. The predicted octanol–water partition coefficient (Wildman–Crippen LogP) is 10.6. The quantitative estimate of drug-likeness (QED) is 0.0470. The number of rotatable bonds is 24. The van der Waals surface area contributed by atoms with Crippen LogP contribution in [0.2, 0.25) is 0 Å². The van der Waals surface area contributed by atoms with Crippen LogP contribution in [0.4, 0.5) is 5.69 Å². The van der Waals surface area contributed by atoms with Crippen molar-refractivity contribution in [1.82, 2.24) is 0 Å². The summed E-state index contributed by atoms with van der Waals surface area (Å²) in [6.45, 7) is 12.2. The second kappa shape index (κ2) is 22.5. The molecule has 1 aliphatic carbocycles. The van der Waals surface area contributed by atoms with E-state index in [1.807, 2.05) is 0 Å². The number of hydrogen-bond acceptors (Lipinski definition) is 9. The molecular weight excluding hydrogens is 839 g/mol. The van der Waals surface area contributed by atoms with Crippen molar-refractivity contribution in [2.24, 2.45) is 0 Å². The first kappa shape index (κ1) is 47.9. The van der Waals surface area contributed by atoms with Gasteiger partial charge in [-0.1, -0.05) is 96.6 Å². The van der Waals surface area contributed by atoms with Crippen molar-refractivity contribution in [3.63, 3.8) is 0 Å². The fourth-order valence-electron chi connectivity index (χ4n) is 9.53. The highest BCUT2D eigenvalue weighted by atomic mass is 16.6. The monoisotopic (exact) mass is 903 g/mol. The Morgan fingerprint density at radius 3 is 1.84 bits per heavy atom. The minimum atomic E-state index is -0.688. The molecule has 0 radical (unpaired) electrons. The highest BCUT2D eigenvalue weighted by Gasteiger charge is 2.47. The molecule has 0 fully saturated rings. The van der Waals surface area contributed by atoms with Gasteiger partial charge in [0.15, 0.2) is 0 Å². The third-order valence-electron chi connectivity index (χ3n) is 12.9. The summed E-state index contributed by atoms with van der Waals surface area (Å²) in [5.41, 5.74) is 14.7. The van der Waals surface area contributed by atoms with E-state index < -0.39 is 5.41 Å². The van der Waals surface area contributed by atoms with Gasteiger partial charge < -0.3 is 43.2 Å². The number of fused-ring (bicyclic) bond motifs is 5. The van der Waals surface area contributed by atoms with Crippen molar-refractivity contribution in [2.75, 3.05) is 105 Å². The molecule has 350 valence electrons. The van der Waals surface area contributed by atoms with Crippen LogP contribution in [0.5, 0.6) is 5.75 Å². The molecule has 0 saturated carbocycles. The van der Waals surface area contributed by atoms with Crippen LogP contribution in [0.3, 0.4) is 0 Å². The second-order valence-electron chi connectivity index (χ2n) is 17.5. The predicted molar refractivity (Wildman–Crippen MR) is 270 cm³/mol. The SMILES string of the molecule is COCCOCCOCCOc1ccc(C2(c3ccc(COCCOCCOCCO)c(C)c3)c3cc(C)ccc3-c3ccc(-c4cccc5cc6c(C)cccc6cc45)cc32)cc1N(C)C. The number of anilines is 1. The number of ether oxygens (including phenoxy) is 7. The van der Waals surface area contributed by atoms with E-state index in [9.17, 15) is 0 Å². The maximum atomic E-state index is 8.94. The largest absolute Gasteiger partial charge is 0.489 e. The molecule has 0 aromatic heterocycles. The molecule has 7 aromatic carbocycles. The number of nitrogens with zero attached hydrogens (tertiary/aromatic N) is 1. The molecule has 0 spiro atoms. The molecule has 9 heteroatoms. The number of aliphatic hydroxyl groups excluding tert-OH is 1. The summed E-state index contributed by atoms with van der Waals surface area (Å²) >= 11 is 0. The molecule has 0 aliphatic heterocycles. The van der Waals surface area contributed by atoms with Crippen LogP contribution in [-0.4, -0.2) is 106 Å². The first-order valence-corrected chi connectivity index (χ1v) is 23.5. The fourth-order valence-corrected chi connectivity index (χ4v) is 9.53. The van der Waals surface area contributed by atoms with Crippen molar-refractivity contribution in [2.45, 2.75) is 32.8 Å². The van der Waals surface area contributed by atoms with E-state index in [1.165, 1.54) is 71.6 Å². The van der Waals surface area contributed by atoms with Gasteiger partial charge in [-0.2, -0.15) is 0 Å². The molecule has 8 rings (SSSR count). The van der Waals surface area contributed by atoms with Crippen LogP contribution in [-0.2, 0) is 40.4 Å². The Balaban J connectivity index is 1.21. The first-order valence-electron chi connectivity index (χ1n) is 23.5. The third kappa shape index (κ3) is 10.4. The average molecular weight is 904 g/mol. The Bertz CT molecular complexity index is 2780. The maximum Gasteiger partial charge on any atom is 0.142 e. The van der Waals surface area contributed by atoms with Gasteiger partial charge in [0, 0.05) is 21.2 Å². The standard InChI is InChI=1S/C58H65NO8/c1-40-13-18-50-51-19-15-45(49-12-8-11-44-35-52-41(2)9-7-10-43(52)36-53(44)49)37-55(51)58(54(50)33-40,47-16-14-46(42(3)34-47)39-66-30-29-64-26-25-62-22-21-60)48-17-20-57(56(38-48)59(4)5)67-32-31-65-28-27-63-24-23-61-6/h7-20,33-38,60H,21-32,39H2,1-6H3. The summed E-state index contributed by atoms with van der Waals surface area (Å²) in [7, 11) is 5.82. The molecular formula is C58H65NO8. The van der Waals surface area contributed by atoms with Crippen LogP contribution in [0.15, 0.2) is 121 Å². The van der Waals surface area contributed by atoms with Gasteiger partial charge in [-0.15, -0.1) is 0 Å². The highest BCUT2D eigenvalue weighted by molar-refractivity contribution is 6.06. The van der Waals surface area contributed by atoms with Gasteiger partial charge >= 0.3 is 0 Å². The summed E-state index contributed by atoms with van der Waals surface area (Å²) in [6, 6.07) is 45.6. The van der Waals surface area contributed by atoms with Crippen molar-refractivity contribution < 1.29 is 38.3 Å². The lowest BCUT2D eigenvalue weighted by atomic mass is 9.66. The lowest BCUT2D eigenvalue weighted by Crippen LogP contribution is -2.29. The van der Waals surface area contributed by atoms with Crippen LogP contribution in [0.25, 0.3) is 43.8 Å². The zero-order valence-corrected chi connectivity index (χ0v) is 40.0. The zero-order chi connectivity index (χ0) is 46.8. The highest BCUT2D eigenvalue weighted by Crippen LogP contribution is 2.58. The van der Waals surface area contributed by atoms with Crippen LogP contribution in [0.1, 0.15) is 44.5 Å². The summed E-state index contributed by atoms with van der Waals surface area (Å²) in [5.74, 6) is 0.795. The number of aryl methyl sites for hydroxylation is 3. The number of benzene rings is 7. The molecule has 67 heavy (non-hydrogen) atoms. The lowest BCUT2D eigenvalue weighted by Gasteiger charge is -2.36. The van der Waals surface area contributed by atoms with Gasteiger partial charge in [-0.25, -0.2) is 0 Å². The van der Waals surface area contributed by atoms with Gasteiger partial charge in [0.05, 0.1) is 90.4 Å². The van der Waals surface area contributed by atoms with Gasteiger partial charge in [0.1, 0.15) is 12.4 Å². The Morgan fingerprint density at radius 2 is 1.12 bits per heavy atom. The minimum Gasteiger partial charge on any atom is -0.489 e. The van der Waals surface area contributed by atoms with E-state index in [1.54, 1.807) is 7.11 Å². The molecule has 1 atom stereocenters. The van der Waals surface area contributed by atoms with Gasteiger partial charge in [0.2, 0.25) is 0 Å². The molecule has 1 aliphatic rings. The Hall–Kier alpha value is -5.62. The first-order chi connectivity index (χ1) is 32.7. The number of hydrogen-bond donors (Lipinski definition) is 1. The van der Waals surface area contributed by atoms with Gasteiger partial charge in [-0.05, 0) is 134 Å². The molecule has 0 bridgehead atoms. The van der Waals surface area contributed by atoms with Gasteiger partial charge in [0.25, 0.3) is 0 Å². The lowest BCUT2D eigenvalue weighted by molar-refractivity contribution is 0.00444. The van der Waals surface area contributed by atoms with Crippen molar-refractivity contribution in [1.29, 1.82) is 0 Å². The molecule has 1 unspecified atom stereocenters. The molecule has 0 amide bonds. The number of methoxy groups -OCH3 is 1. The van der Waals surface area contributed by atoms with E-state index in [0.29, 0.717) is 79.3 Å². The van der Waals surface area contributed by atoms with Crippen LogP contribution >= 0.6 is 0 Å². The second-order valence-corrected chi connectivity index (χ2v) is 17.5.